The Morgan fingerprint density at radius 1 is 1.23 bits per heavy atom. The molecule has 1 fully saturated rings. The lowest BCUT2D eigenvalue weighted by molar-refractivity contribution is -0.132. The van der Waals surface area contributed by atoms with Crippen LogP contribution in [0.15, 0.2) is 12.1 Å². The fraction of sp³-hybridized carbons (Fsp3) is 0.500. The number of rotatable bonds is 6. The first-order valence-electron chi connectivity index (χ1n) is 11.5. The minimum Gasteiger partial charge on any atom is -0.351 e. The summed E-state index contributed by atoms with van der Waals surface area (Å²) < 4.78 is 40.0. The van der Waals surface area contributed by atoms with E-state index in [1.807, 2.05) is 32.7 Å². The van der Waals surface area contributed by atoms with Gasteiger partial charge >= 0.3 is 0 Å². The smallest absolute Gasteiger partial charge is 0.247 e. The van der Waals surface area contributed by atoms with Crippen LogP contribution in [0.2, 0.25) is 0 Å². The van der Waals surface area contributed by atoms with Crippen LogP contribution in [0, 0.1) is 30.3 Å². The Morgan fingerprint density at radius 3 is 2.46 bits per heavy atom. The van der Waals surface area contributed by atoms with Gasteiger partial charge in [0.05, 0.1) is 12.1 Å². The number of carbonyl (C=O) groups excluding carboxylic acids is 2. The van der Waals surface area contributed by atoms with Gasteiger partial charge in [-0.25, -0.2) is 18.2 Å². The van der Waals surface area contributed by atoms with Crippen molar-refractivity contribution in [2.45, 2.75) is 58.2 Å². The van der Waals surface area contributed by atoms with Gasteiger partial charge in [-0.05, 0) is 43.4 Å². The predicted molar refractivity (Wildman–Crippen MR) is 126 cm³/mol. The number of hydrogen-bond acceptors (Lipinski definition) is 6. The van der Waals surface area contributed by atoms with E-state index in [-0.39, 0.29) is 47.8 Å². The largest absolute Gasteiger partial charge is 0.351 e. The molecule has 1 aromatic carbocycles. The van der Waals surface area contributed by atoms with Gasteiger partial charge in [-0.1, -0.05) is 13.8 Å². The molecule has 0 spiro atoms. The van der Waals surface area contributed by atoms with E-state index in [9.17, 15) is 22.8 Å². The molecule has 1 unspecified atom stereocenters. The molecule has 0 saturated heterocycles. The summed E-state index contributed by atoms with van der Waals surface area (Å²) in [6.45, 7) is 5.77. The van der Waals surface area contributed by atoms with Gasteiger partial charge in [-0.15, -0.1) is 0 Å². The number of nitrogens with one attached hydrogen (secondary N) is 2. The number of hydrogen-bond donors (Lipinski definition) is 2. The first-order valence-corrected chi connectivity index (χ1v) is 11.5. The summed E-state index contributed by atoms with van der Waals surface area (Å²) in [7, 11) is 3.49. The number of aromatic nitrogens is 2. The number of nitrogens with zero attached hydrogens (tertiary/aromatic N) is 4. The minimum absolute atomic E-state index is 0.0396. The molecule has 188 valence electrons. The quantitative estimate of drug-likeness (QED) is 0.605. The second kappa shape index (κ2) is 9.35. The number of amides is 2. The molecule has 35 heavy (non-hydrogen) atoms. The van der Waals surface area contributed by atoms with Crippen LogP contribution in [-0.4, -0.2) is 58.9 Å². The average Bonchev–Trinajstić information content (AvgIpc) is 2.74. The zero-order valence-corrected chi connectivity index (χ0v) is 20.3. The summed E-state index contributed by atoms with van der Waals surface area (Å²) in [6, 6.07) is 1.34. The summed E-state index contributed by atoms with van der Waals surface area (Å²) in [5, 5.41) is 6.22. The number of halogens is 3. The molecule has 2 heterocycles. The number of likely N-dealkylation sites (N-methyl/N-ethyl adjacent to an activating group) is 2. The molecule has 0 bridgehead atoms. The van der Waals surface area contributed by atoms with E-state index < -0.39 is 17.5 Å². The molecule has 0 radical (unpaired) electrons. The molecule has 11 heteroatoms. The van der Waals surface area contributed by atoms with E-state index in [0.717, 1.165) is 12.1 Å². The predicted octanol–water partition coefficient (Wildman–Crippen LogP) is 3.26. The third-order valence-electron chi connectivity index (χ3n) is 6.76. The molecule has 4 rings (SSSR count). The van der Waals surface area contributed by atoms with Gasteiger partial charge < -0.3 is 20.4 Å². The highest BCUT2D eigenvalue weighted by Crippen LogP contribution is 2.35. The van der Waals surface area contributed by atoms with E-state index in [1.165, 1.54) is 0 Å². The SMILES string of the molecule is Cc1nc(NC2CC(N(C)C(=O)Cc3cc(F)c(F)c(F)c3)C2)nc2c1NC(=O)C(C(C)C)N2C. The Balaban J connectivity index is 1.37. The lowest BCUT2D eigenvalue weighted by Gasteiger charge is -2.42. The highest BCUT2D eigenvalue weighted by atomic mass is 19.2. The van der Waals surface area contributed by atoms with Crippen molar-refractivity contribution < 1.29 is 22.8 Å². The monoisotopic (exact) mass is 490 g/mol. The summed E-state index contributed by atoms with van der Waals surface area (Å²) >= 11 is 0. The van der Waals surface area contributed by atoms with Gasteiger partial charge in [-0.2, -0.15) is 4.98 Å². The number of fused-ring (bicyclic) bond motifs is 1. The van der Waals surface area contributed by atoms with E-state index in [0.29, 0.717) is 36.0 Å². The second-order valence-electron chi connectivity index (χ2n) is 9.64. The van der Waals surface area contributed by atoms with Crippen molar-refractivity contribution in [3.63, 3.8) is 0 Å². The summed E-state index contributed by atoms with van der Waals surface area (Å²) in [5.74, 6) is -3.36. The van der Waals surface area contributed by atoms with Gasteiger partial charge in [0.25, 0.3) is 0 Å². The van der Waals surface area contributed by atoms with Crippen LogP contribution >= 0.6 is 0 Å². The minimum atomic E-state index is -1.55. The Hall–Kier alpha value is -3.37. The Labute approximate surface area is 201 Å². The lowest BCUT2D eigenvalue weighted by atomic mass is 9.85. The van der Waals surface area contributed by atoms with E-state index >= 15 is 0 Å². The maximum absolute atomic E-state index is 13.4. The van der Waals surface area contributed by atoms with Crippen LogP contribution in [0.5, 0.6) is 0 Å². The number of carbonyl (C=O) groups is 2. The van der Waals surface area contributed by atoms with Crippen molar-refractivity contribution in [3.8, 4) is 0 Å². The van der Waals surface area contributed by atoms with Crippen molar-refractivity contribution in [1.82, 2.24) is 14.9 Å². The van der Waals surface area contributed by atoms with Crippen molar-refractivity contribution in [2.75, 3.05) is 29.6 Å². The molecule has 1 aliphatic heterocycles. The van der Waals surface area contributed by atoms with Crippen molar-refractivity contribution >= 4 is 29.3 Å². The number of aryl methyl sites for hydroxylation is 1. The number of anilines is 3. The van der Waals surface area contributed by atoms with Crippen LogP contribution in [0.1, 0.15) is 37.9 Å². The van der Waals surface area contributed by atoms with E-state index in [4.69, 9.17) is 0 Å². The maximum atomic E-state index is 13.4. The summed E-state index contributed by atoms with van der Waals surface area (Å²) in [5.41, 5.74) is 1.34. The number of benzene rings is 1. The normalized spacial score (nSPS) is 21.3. The average molecular weight is 491 g/mol. The Bertz CT molecular complexity index is 1150. The summed E-state index contributed by atoms with van der Waals surface area (Å²) in [4.78, 5) is 37.6. The second-order valence-corrected chi connectivity index (χ2v) is 9.64. The van der Waals surface area contributed by atoms with Gasteiger partial charge in [0.15, 0.2) is 23.3 Å². The molecule has 2 amide bonds. The maximum Gasteiger partial charge on any atom is 0.247 e. The van der Waals surface area contributed by atoms with Crippen LogP contribution < -0.4 is 15.5 Å². The molecule has 1 saturated carbocycles. The zero-order valence-electron chi connectivity index (χ0n) is 20.3. The van der Waals surface area contributed by atoms with Crippen molar-refractivity contribution in [2.24, 2.45) is 5.92 Å². The highest BCUT2D eigenvalue weighted by molar-refractivity contribution is 6.03. The van der Waals surface area contributed by atoms with Gasteiger partial charge in [-0.3, -0.25) is 9.59 Å². The Kier molecular flexibility index (Phi) is 6.61. The summed E-state index contributed by atoms with van der Waals surface area (Å²) in [6.07, 6.45) is 1.07. The Morgan fingerprint density at radius 2 is 1.86 bits per heavy atom. The van der Waals surface area contributed by atoms with Gasteiger partial charge in [0.2, 0.25) is 17.8 Å². The van der Waals surface area contributed by atoms with Crippen LogP contribution in [-0.2, 0) is 16.0 Å². The highest BCUT2D eigenvalue weighted by Gasteiger charge is 2.37. The van der Waals surface area contributed by atoms with Crippen molar-refractivity contribution in [3.05, 3.63) is 40.8 Å². The van der Waals surface area contributed by atoms with Crippen molar-refractivity contribution in [1.29, 1.82) is 0 Å². The van der Waals surface area contributed by atoms with E-state index in [1.54, 1.807) is 11.9 Å². The van der Waals surface area contributed by atoms with E-state index in [2.05, 4.69) is 20.6 Å². The molecular formula is C24H29F3N6O2. The van der Waals surface area contributed by atoms with Crippen LogP contribution in [0.4, 0.5) is 30.6 Å². The molecular weight excluding hydrogens is 461 g/mol. The fourth-order valence-corrected chi connectivity index (χ4v) is 4.70. The van der Waals surface area contributed by atoms with Crippen LogP contribution in [0.25, 0.3) is 0 Å². The van der Waals surface area contributed by atoms with Crippen LogP contribution in [0.3, 0.4) is 0 Å². The first-order chi connectivity index (χ1) is 16.5. The van der Waals surface area contributed by atoms with Gasteiger partial charge in [0, 0.05) is 26.2 Å². The fourth-order valence-electron chi connectivity index (χ4n) is 4.70. The first kappa shape index (κ1) is 24.7. The standard InChI is InChI=1S/C24H29F3N6O2/c1-11(2)21-23(35)30-20-12(3)28-24(31-22(20)33(21)5)29-14-9-15(10-14)32(4)18(34)8-13-6-16(25)19(27)17(26)7-13/h6-7,11,14-15,21H,8-10H2,1-5H3,(H,30,35)(H,28,29,31). The third-order valence-corrected chi connectivity index (χ3v) is 6.76. The molecule has 2 N–H and O–H groups in total. The third kappa shape index (κ3) is 4.76. The molecule has 8 nitrogen and oxygen atoms in total. The molecule has 1 aromatic heterocycles. The topological polar surface area (TPSA) is 90.5 Å². The molecule has 2 aromatic rings. The molecule has 1 aliphatic carbocycles. The zero-order chi connectivity index (χ0) is 25.6. The lowest BCUT2D eigenvalue weighted by Crippen LogP contribution is -2.51. The molecule has 2 aliphatic rings. The molecule has 1 atom stereocenters. The van der Waals surface area contributed by atoms with Gasteiger partial charge in [0.1, 0.15) is 11.7 Å².